The molecule has 0 unspecified atom stereocenters. The summed E-state index contributed by atoms with van der Waals surface area (Å²) in [5.74, 6) is -1.55. The number of hydrogen-bond donors (Lipinski definition) is 2. The van der Waals surface area contributed by atoms with Crippen molar-refractivity contribution in [3.8, 4) is 0 Å². The maximum atomic E-state index is 13.2. The lowest BCUT2D eigenvalue weighted by atomic mass is 9.73. The predicted molar refractivity (Wildman–Crippen MR) is 136 cm³/mol. The zero-order valence-electron chi connectivity index (χ0n) is 22.0. The van der Waals surface area contributed by atoms with Crippen molar-refractivity contribution in [1.29, 1.82) is 0 Å². The van der Waals surface area contributed by atoms with E-state index in [4.69, 9.17) is 9.47 Å². The maximum absolute atomic E-state index is 13.2. The molecule has 3 heterocycles. The normalized spacial score (nSPS) is 37.5. The number of carbonyl (C=O) groups excluding carboxylic acids is 2. The number of hydrogen-bond acceptors (Lipinski definition) is 8. The number of fused-ring (bicyclic) bond motifs is 1. The lowest BCUT2D eigenvalue weighted by Gasteiger charge is -2.34. The summed E-state index contributed by atoms with van der Waals surface area (Å²) in [6.07, 6.45) is 1.98. The van der Waals surface area contributed by atoms with E-state index in [1.54, 1.807) is 32.1 Å². The fourth-order valence-electron chi connectivity index (χ4n) is 5.07. The summed E-state index contributed by atoms with van der Waals surface area (Å²) in [5.41, 5.74) is 0.179. The Labute approximate surface area is 212 Å². The standard InChI is InChI=1S/C27H41NO6S/c1-15-9-8-10-27(7)22(34-27)12-20(16(2)11-19-14-35-18(4)28-19)33-23(30)13-21(29)26(5,6)25(32)17(3)24(15)31/h11,14-15,17,20-22,24,29,31H,8-10,12-13H2,1-7H3/t15-,17-,20+,21+,22+,24+,27-/m1/s1. The predicted octanol–water partition coefficient (Wildman–Crippen LogP) is 4.48. The Hall–Kier alpha value is -1.61. The highest BCUT2D eigenvalue weighted by atomic mass is 32.1. The van der Waals surface area contributed by atoms with Crippen molar-refractivity contribution in [3.63, 3.8) is 0 Å². The van der Waals surface area contributed by atoms with E-state index >= 15 is 0 Å². The first-order valence-electron chi connectivity index (χ1n) is 12.6. The Kier molecular flexibility index (Phi) is 8.62. The van der Waals surface area contributed by atoms with Gasteiger partial charge in [-0.15, -0.1) is 11.3 Å². The molecule has 3 rings (SSSR count). The van der Waals surface area contributed by atoms with Crippen LogP contribution in [-0.4, -0.2) is 57.0 Å². The van der Waals surface area contributed by atoms with Crippen LogP contribution in [0.15, 0.2) is 11.0 Å². The summed E-state index contributed by atoms with van der Waals surface area (Å²) < 4.78 is 11.9. The summed E-state index contributed by atoms with van der Waals surface area (Å²) in [6, 6.07) is 0. The van der Waals surface area contributed by atoms with Crippen LogP contribution in [0.5, 0.6) is 0 Å². The van der Waals surface area contributed by atoms with E-state index in [0.29, 0.717) is 6.42 Å². The number of carbonyl (C=O) groups is 2. The van der Waals surface area contributed by atoms with Gasteiger partial charge in [0.2, 0.25) is 0 Å². The second-order valence-electron chi connectivity index (χ2n) is 11.3. The summed E-state index contributed by atoms with van der Waals surface area (Å²) in [4.78, 5) is 30.6. The van der Waals surface area contributed by atoms with Gasteiger partial charge in [0, 0.05) is 17.7 Å². The molecule has 2 aliphatic heterocycles. The summed E-state index contributed by atoms with van der Waals surface area (Å²) >= 11 is 1.56. The number of ether oxygens (including phenoxy) is 2. The van der Waals surface area contributed by atoms with Crippen molar-refractivity contribution in [2.24, 2.45) is 17.3 Å². The van der Waals surface area contributed by atoms with E-state index in [1.165, 1.54) is 0 Å². The number of cyclic esters (lactones) is 1. The largest absolute Gasteiger partial charge is 0.458 e. The molecule has 7 atom stereocenters. The molecule has 0 radical (unpaired) electrons. The molecule has 2 aliphatic rings. The molecule has 0 aliphatic carbocycles. The molecule has 1 aromatic rings. The Balaban J connectivity index is 1.85. The number of ketones is 1. The van der Waals surface area contributed by atoms with E-state index in [9.17, 15) is 19.8 Å². The number of nitrogens with zero attached hydrogens (tertiary/aromatic N) is 1. The lowest BCUT2D eigenvalue weighted by molar-refractivity contribution is -0.154. The Morgan fingerprint density at radius 3 is 2.54 bits per heavy atom. The summed E-state index contributed by atoms with van der Waals surface area (Å²) in [5, 5.41) is 24.6. The van der Waals surface area contributed by atoms with Crippen LogP contribution in [0.1, 0.15) is 84.3 Å². The van der Waals surface area contributed by atoms with E-state index in [1.807, 2.05) is 32.2 Å². The van der Waals surface area contributed by atoms with Gasteiger partial charge in [-0.05, 0) is 51.2 Å². The highest BCUT2D eigenvalue weighted by Gasteiger charge is 2.53. The molecule has 0 aromatic carbocycles. The number of rotatable bonds is 2. The topological polar surface area (TPSA) is 109 Å². The number of aliphatic hydroxyl groups excluding tert-OH is 2. The van der Waals surface area contributed by atoms with Crippen molar-refractivity contribution < 1.29 is 29.3 Å². The molecule has 7 nitrogen and oxygen atoms in total. The average Bonchev–Trinajstić information content (AvgIpc) is 3.22. The highest BCUT2D eigenvalue weighted by Crippen LogP contribution is 2.45. The third kappa shape index (κ3) is 6.59. The SMILES string of the molecule is CC(=Cc1csc(C)n1)[C@@H]1C[C@@H]2O[C@]2(C)CCC[C@@H](C)[C@H](O)[C@@H](C)C(=O)C(C)(C)[C@@H](O)CC(=O)O1. The van der Waals surface area contributed by atoms with E-state index in [-0.39, 0.29) is 29.8 Å². The molecule has 196 valence electrons. The highest BCUT2D eigenvalue weighted by molar-refractivity contribution is 7.09. The maximum Gasteiger partial charge on any atom is 0.309 e. The van der Waals surface area contributed by atoms with Crippen molar-refractivity contribution >= 4 is 29.2 Å². The number of aromatic nitrogens is 1. The first-order valence-corrected chi connectivity index (χ1v) is 13.5. The van der Waals surface area contributed by atoms with Gasteiger partial charge in [0.1, 0.15) is 11.9 Å². The van der Waals surface area contributed by atoms with Gasteiger partial charge in [-0.25, -0.2) is 4.98 Å². The molecule has 8 heteroatoms. The van der Waals surface area contributed by atoms with Gasteiger partial charge < -0.3 is 19.7 Å². The van der Waals surface area contributed by atoms with Crippen molar-refractivity contribution in [1.82, 2.24) is 4.98 Å². The van der Waals surface area contributed by atoms with Crippen LogP contribution >= 0.6 is 11.3 Å². The molecule has 2 saturated heterocycles. The molecular weight excluding hydrogens is 466 g/mol. The van der Waals surface area contributed by atoms with Crippen molar-refractivity contribution in [3.05, 3.63) is 21.7 Å². The van der Waals surface area contributed by atoms with Gasteiger partial charge in [-0.3, -0.25) is 9.59 Å². The minimum atomic E-state index is -1.23. The fourth-order valence-corrected chi connectivity index (χ4v) is 5.64. The van der Waals surface area contributed by atoms with Crippen LogP contribution in [-0.2, 0) is 19.1 Å². The van der Waals surface area contributed by atoms with Crippen LogP contribution in [0.3, 0.4) is 0 Å². The Morgan fingerprint density at radius 2 is 1.91 bits per heavy atom. The number of aliphatic hydroxyl groups is 2. The zero-order valence-corrected chi connectivity index (χ0v) is 22.9. The number of esters is 1. The van der Waals surface area contributed by atoms with Gasteiger partial charge >= 0.3 is 5.97 Å². The smallest absolute Gasteiger partial charge is 0.309 e. The lowest BCUT2D eigenvalue weighted by Crippen LogP contribution is -2.45. The van der Waals surface area contributed by atoms with Crippen LogP contribution in [0.25, 0.3) is 6.08 Å². The van der Waals surface area contributed by atoms with Crippen LogP contribution in [0, 0.1) is 24.2 Å². The van der Waals surface area contributed by atoms with Gasteiger partial charge in [0.15, 0.2) is 0 Å². The van der Waals surface area contributed by atoms with E-state index in [0.717, 1.165) is 35.5 Å². The minimum absolute atomic E-state index is 0.0455. The number of aryl methyl sites for hydroxylation is 1. The fraction of sp³-hybridized carbons (Fsp3) is 0.741. The van der Waals surface area contributed by atoms with Crippen LogP contribution in [0.4, 0.5) is 0 Å². The molecule has 1 aromatic heterocycles. The number of Topliss-reactive ketones (excluding diaryl/α,β-unsaturated/α-hetero) is 1. The van der Waals surface area contributed by atoms with Crippen molar-refractivity contribution in [2.75, 3.05) is 0 Å². The Bertz CT molecular complexity index is 955. The van der Waals surface area contributed by atoms with Crippen LogP contribution in [0.2, 0.25) is 0 Å². The first-order chi connectivity index (χ1) is 16.2. The third-order valence-electron chi connectivity index (χ3n) is 7.93. The van der Waals surface area contributed by atoms with Crippen molar-refractivity contribution in [2.45, 2.75) is 111 Å². The van der Waals surface area contributed by atoms with Gasteiger partial charge in [-0.1, -0.05) is 34.1 Å². The quantitative estimate of drug-likeness (QED) is 0.449. The average molecular weight is 508 g/mol. The molecule has 2 fully saturated rings. The number of epoxide rings is 1. The second kappa shape index (κ2) is 10.8. The van der Waals surface area contributed by atoms with E-state index < -0.39 is 35.6 Å². The zero-order chi connectivity index (χ0) is 26.1. The van der Waals surface area contributed by atoms with Gasteiger partial charge in [0.25, 0.3) is 0 Å². The summed E-state index contributed by atoms with van der Waals surface area (Å²) in [6.45, 7) is 12.8. The molecule has 0 spiro atoms. The van der Waals surface area contributed by atoms with Gasteiger partial charge in [-0.2, -0.15) is 0 Å². The Morgan fingerprint density at radius 1 is 1.23 bits per heavy atom. The molecule has 35 heavy (non-hydrogen) atoms. The summed E-state index contributed by atoms with van der Waals surface area (Å²) in [7, 11) is 0. The third-order valence-corrected chi connectivity index (χ3v) is 8.72. The molecular formula is C27H41NO6S. The first kappa shape index (κ1) is 28.0. The molecule has 0 bridgehead atoms. The number of thiazole rings is 1. The molecule has 0 saturated carbocycles. The minimum Gasteiger partial charge on any atom is -0.458 e. The molecule has 0 amide bonds. The second-order valence-corrected chi connectivity index (χ2v) is 12.3. The van der Waals surface area contributed by atoms with E-state index in [2.05, 4.69) is 11.9 Å². The molecule has 2 N–H and O–H groups in total. The van der Waals surface area contributed by atoms with Gasteiger partial charge in [0.05, 0.1) is 46.5 Å². The van der Waals surface area contributed by atoms with Crippen LogP contribution < -0.4 is 0 Å². The monoisotopic (exact) mass is 507 g/mol.